The summed E-state index contributed by atoms with van der Waals surface area (Å²) >= 11 is 1.57. The van der Waals surface area contributed by atoms with Gasteiger partial charge in [-0.1, -0.05) is 42.5 Å². The lowest BCUT2D eigenvalue weighted by Gasteiger charge is -2.32. The molecule has 0 bridgehead atoms. The van der Waals surface area contributed by atoms with E-state index in [-0.39, 0.29) is 11.9 Å². The third-order valence-corrected chi connectivity index (χ3v) is 7.05. The van der Waals surface area contributed by atoms with Crippen LogP contribution in [0, 0.1) is 5.92 Å². The lowest BCUT2D eigenvalue weighted by atomic mass is 9.90. The second kappa shape index (κ2) is 11.2. The van der Waals surface area contributed by atoms with Crippen molar-refractivity contribution in [1.29, 1.82) is 0 Å². The quantitative estimate of drug-likeness (QED) is 0.514. The summed E-state index contributed by atoms with van der Waals surface area (Å²) in [6, 6.07) is 18.3. The Labute approximate surface area is 194 Å². The summed E-state index contributed by atoms with van der Waals surface area (Å²) in [6.07, 6.45) is 6.39. The molecule has 0 aliphatic carbocycles. The molecule has 1 aromatic heterocycles. The zero-order chi connectivity index (χ0) is 22.2. The normalized spacial score (nSPS) is 15.9. The number of benzene rings is 2. The molecule has 3 aromatic rings. The van der Waals surface area contributed by atoms with Crippen LogP contribution in [0.3, 0.4) is 0 Å². The van der Waals surface area contributed by atoms with Gasteiger partial charge in [-0.25, -0.2) is 4.98 Å². The lowest BCUT2D eigenvalue weighted by Crippen LogP contribution is -2.42. The van der Waals surface area contributed by atoms with Gasteiger partial charge >= 0.3 is 0 Å². The second-order valence-corrected chi connectivity index (χ2v) is 9.31. The van der Waals surface area contributed by atoms with Crippen molar-refractivity contribution in [2.45, 2.75) is 31.7 Å². The molecule has 1 atom stereocenters. The van der Waals surface area contributed by atoms with Crippen LogP contribution in [0.4, 0.5) is 0 Å². The third-order valence-electron chi connectivity index (χ3n) is 6.21. The van der Waals surface area contributed by atoms with Crippen molar-refractivity contribution in [2.75, 3.05) is 26.7 Å². The van der Waals surface area contributed by atoms with E-state index < -0.39 is 0 Å². The molecular weight excluding hydrogens is 418 g/mol. The van der Waals surface area contributed by atoms with Crippen LogP contribution >= 0.6 is 11.3 Å². The van der Waals surface area contributed by atoms with E-state index in [1.165, 1.54) is 12.0 Å². The summed E-state index contributed by atoms with van der Waals surface area (Å²) in [5.74, 6) is 1.69. The number of rotatable bonds is 9. The summed E-state index contributed by atoms with van der Waals surface area (Å²) in [7, 11) is 1.70. The fourth-order valence-electron chi connectivity index (χ4n) is 4.32. The maximum absolute atomic E-state index is 12.8. The van der Waals surface area contributed by atoms with Gasteiger partial charge in [-0.15, -0.1) is 11.3 Å². The minimum atomic E-state index is -0.189. The van der Waals surface area contributed by atoms with Gasteiger partial charge in [0.25, 0.3) is 0 Å². The van der Waals surface area contributed by atoms with Crippen molar-refractivity contribution in [1.82, 2.24) is 15.2 Å². The van der Waals surface area contributed by atoms with Gasteiger partial charge in [0.1, 0.15) is 16.8 Å². The van der Waals surface area contributed by atoms with Crippen LogP contribution in [0.2, 0.25) is 0 Å². The van der Waals surface area contributed by atoms with Gasteiger partial charge in [-0.05, 0) is 68.0 Å². The molecule has 4 rings (SSSR count). The standard InChI is InChI=1S/C26H31N3O2S/c1-31-23-11-9-20(10-12-23)7-8-21-13-16-29(17-14-21)19-24(30)28-25(26-27-15-18-32-26)22-5-3-2-4-6-22/h2-6,9-12,15,18,21,25H,7-8,13-14,16-17,19H2,1H3,(H,28,30). The number of methoxy groups -OCH3 is 1. The number of amides is 1. The number of carbonyl (C=O) groups excluding carboxylic acids is 1. The average Bonchev–Trinajstić information content (AvgIpc) is 3.38. The highest BCUT2D eigenvalue weighted by atomic mass is 32.1. The summed E-state index contributed by atoms with van der Waals surface area (Å²) in [5.41, 5.74) is 2.43. The Morgan fingerprint density at radius 2 is 1.91 bits per heavy atom. The van der Waals surface area contributed by atoms with Crippen LogP contribution in [-0.2, 0) is 11.2 Å². The number of aryl methyl sites for hydroxylation is 1. The maximum Gasteiger partial charge on any atom is 0.235 e. The van der Waals surface area contributed by atoms with Crippen molar-refractivity contribution in [3.05, 3.63) is 82.3 Å². The van der Waals surface area contributed by atoms with Crippen LogP contribution < -0.4 is 10.1 Å². The van der Waals surface area contributed by atoms with Gasteiger partial charge in [0, 0.05) is 11.6 Å². The third kappa shape index (κ3) is 6.17. The molecule has 0 spiro atoms. The zero-order valence-electron chi connectivity index (χ0n) is 18.6. The highest BCUT2D eigenvalue weighted by Gasteiger charge is 2.23. The highest BCUT2D eigenvalue weighted by molar-refractivity contribution is 7.09. The number of aromatic nitrogens is 1. The molecule has 1 unspecified atom stereocenters. The number of carbonyl (C=O) groups is 1. The molecule has 5 nitrogen and oxygen atoms in total. The molecule has 1 fully saturated rings. The first-order valence-corrected chi connectivity index (χ1v) is 12.2. The molecule has 168 valence electrons. The minimum Gasteiger partial charge on any atom is -0.497 e. The zero-order valence-corrected chi connectivity index (χ0v) is 19.4. The van der Waals surface area contributed by atoms with E-state index in [1.807, 2.05) is 47.8 Å². The molecule has 6 heteroatoms. The van der Waals surface area contributed by atoms with E-state index in [1.54, 1.807) is 24.6 Å². The Bertz CT molecular complexity index is 953. The lowest BCUT2D eigenvalue weighted by molar-refractivity contribution is -0.123. The molecule has 1 saturated heterocycles. The molecular formula is C26H31N3O2S. The molecule has 2 aromatic carbocycles. The van der Waals surface area contributed by atoms with E-state index in [4.69, 9.17) is 4.74 Å². The summed E-state index contributed by atoms with van der Waals surface area (Å²) in [6.45, 7) is 2.40. The van der Waals surface area contributed by atoms with Gasteiger partial charge in [-0.2, -0.15) is 0 Å². The van der Waals surface area contributed by atoms with Gasteiger partial charge in [0.2, 0.25) is 5.91 Å². The van der Waals surface area contributed by atoms with E-state index in [2.05, 4.69) is 27.3 Å². The Kier molecular flexibility index (Phi) is 7.91. The fourth-order valence-corrected chi connectivity index (χ4v) is 5.03. The number of hydrogen-bond donors (Lipinski definition) is 1. The predicted molar refractivity (Wildman–Crippen MR) is 129 cm³/mol. The largest absolute Gasteiger partial charge is 0.497 e. The van der Waals surface area contributed by atoms with E-state index in [0.29, 0.717) is 6.54 Å². The molecule has 1 N–H and O–H groups in total. The van der Waals surface area contributed by atoms with Gasteiger partial charge in [-0.3, -0.25) is 9.69 Å². The summed E-state index contributed by atoms with van der Waals surface area (Å²) < 4.78 is 5.24. The van der Waals surface area contributed by atoms with Crippen LogP contribution in [0.5, 0.6) is 5.75 Å². The first kappa shape index (κ1) is 22.5. The number of ether oxygens (including phenoxy) is 1. The highest BCUT2D eigenvalue weighted by Crippen LogP contribution is 2.25. The summed E-state index contributed by atoms with van der Waals surface area (Å²) in [5, 5.41) is 6.08. The Morgan fingerprint density at radius 1 is 1.16 bits per heavy atom. The molecule has 1 aliphatic rings. The van der Waals surface area contributed by atoms with Gasteiger partial charge in [0.05, 0.1) is 13.7 Å². The van der Waals surface area contributed by atoms with E-state index in [9.17, 15) is 4.79 Å². The molecule has 0 radical (unpaired) electrons. The first-order chi connectivity index (χ1) is 15.7. The summed E-state index contributed by atoms with van der Waals surface area (Å²) in [4.78, 5) is 19.6. The number of nitrogens with one attached hydrogen (secondary N) is 1. The van der Waals surface area contributed by atoms with E-state index >= 15 is 0 Å². The average molecular weight is 450 g/mol. The first-order valence-electron chi connectivity index (χ1n) is 11.3. The van der Waals surface area contributed by atoms with Gasteiger partial charge in [0.15, 0.2) is 0 Å². The van der Waals surface area contributed by atoms with Crippen molar-refractivity contribution >= 4 is 17.2 Å². The van der Waals surface area contributed by atoms with Crippen LogP contribution in [-0.4, -0.2) is 42.5 Å². The Hall–Kier alpha value is -2.70. The molecule has 0 saturated carbocycles. The second-order valence-electron chi connectivity index (χ2n) is 8.39. The fraction of sp³-hybridized carbons (Fsp3) is 0.385. The predicted octanol–water partition coefficient (Wildman–Crippen LogP) is 4.70. The van der Waals surface area contributed by atoms with Crippen LogP contribution in [0.25, 0.3) is 0 Å². The molecule has 1 aliphatic heterocycles. The van der Waals surface area contributed by atoms with Crippen molar-refractivity contribution in [2.24, 2.45) is 5.92 Å². The van der Waals surface area contributed by atoms with Crippen molar-refractivity contribution < 1.29 is 9.53 Å². The smallest absolute Gasteiger partial charge is 0.235 e. The topological polar surface area (TPSA) is 54.5 Å². The van der Waals surface area contributed by atoms with Crippen molar-refractivity contribution in [3.8, 4) is 5.75 Å². The SMILES string of the molecule is COc1ccc(CCC2CCN(CC(=O)NC(c3ccccc3)c3nccs3)CC2)cc1. The van der Waals surface area contributed by atoms with Crippen molar-refractivity contribution in [3.63, 3.8) is 0 Å². The number of likely N-dealkylation sites (tertiary alicyclic amines) is 1. The van der Waals surface area contributed by atoms with Crippen LogP contribution in [0.15, 0.2) is 66.2 Å². The van der Waals surface area contributed by atoms with Gasteiger partial charge < -0.3 is 10.1 Å². The Balaban J connectivity index is 1.24. The minimum absolute atomic E-state index is 0.0609. The Morgan fingerprint density at radius 3 is 2.56 bits per heavy atom. The monoisotopic (exact) mass is 449 g/mol. The van der Waals surface area contributed by atoms with Crippen LogP contribution in [0.1, 0.15) is 41.4 Å². The van der Waals surface area contributed by atoms with E-state index in [0.717, 1.165) is 54.6 Å². The number of nitrogens with zero attached hydrogens (tertiary/aromatic N) is 2. The number of thiazole rings is 1. The number of hydrogen-bond acceptors (Lipinski definition) is 5. The molecule has 32 heavy (non-hydrogen) atoms. The number of piperidine rings is 1. The molecule has 2 heterocycles. The maximum atomic E-state index is 12.8. The molecule has 1 amide bonds.